The van der Waals surface area contributed by atoms with Crippen LogP contribution in [0.15, 0.2) is 0 Å². The molecule has 0 aliphatic carbocycles. The van der Waals surface area contributed by atoms with Crippen molar-refractivity contribution in [1.82, 2.24) is 0 Å². The van der Waals surface area contributed by atoms with E-state index in [1.54, 1.807) is 7.11 Å². The first-order valence-electron chi connectivity index (χ1n) is 4.31. The Morgan fingerprint density at radius 2 is 1.82 bits per heavy atom. The monoisotopic (exact) mass is 158 g/mol. The van der Waals surface area contributed by atoms with Gasteiger partial charge in [-0.1, -0.05) is 13.8 Å². The molecule has 0 bridgehead atoms. The lowest BCUT2D eigenvalue weighted by Crippen LogP contribution is -2.21. The summed E-state index contributed by atoms with van der Waals surface area (Å²) in [6.45, 7) is 7.34. The summed E-state index contributed by atoms with van der Waals surface area (Å²) in [5.41, 5.74) is 0. The Morgan fingerprint density at radius 3 is 2.18 bits per heavy atom. The highest BCUT2D eigenvalue weighted by Gasteiger charge is 2.35. The van der Waals surface area contributed by atoms with Gasteiger partial charge in [0.05, 0.1) is 18.8 Å². The van der Waals surface area contributed by atoms with Crippen LogP contribution in [0.5, 0.6) is 0 Å². The van der Waals surface area contributed by atoms with Gasteiger partial charge in [-0.15, -0.1) is 0 Å². The number of hydrogen-bond acceptors (Lipinski definition) is 2. The Hall–Kier alpha value is -0.0800. The van der Waals surface area contributed by atoms with E-state index >= 15 is 0 Å². The molecule has 2 nitrogen and oxygen atoms in total. The quantitative estimate of drug-likeness (QED) is 0.609. The second kappa shape index (κ2) is 3.55. The van der Waals surface area contributed by atoms with E-state index in [4.69, 9.17) is 9.47 Å². The van der Waals surface area contributed by atoms with Gasteiger partial charge in [-0.2, -0.15) is 0 Å². The molecule has 1 aliphatic rings. The molecule has 2 heteroatoms. The molecule has 0 aromatic heterocycles. The maximum Gasteiger partial charge on any atom is 0.0841 e. The lowest BCUT2D eigenvalue weighted by atomic mass is 9.91. The standard InChI is InChI=1S/C9H18O2/c1-6-7(2)9(5-10-4)11-8(6)3/h6-9H,5H2,1-4H3/t6-,7+,8?,9-/m1/s1. The van der Waals surface area contributed by atoms with E-state index in [1.165, 1.54) is 0 Å². The van der Waals surface area contributed by atoms with E-state index in [1.807, 2.05) is 0 Å². The zero-order valence-corrected chi connectivity index (χ0v) is 7.83. The van der Waals surface area contributed by atoms with Gasteiger partial charge in [0.1, 0.15) is 0 Å². The van der Waals surface area contributed by atoms with Crippen molar-refractivity contribution in [3.63, 3.8) is 0 Å². The fraction of sp³-hybridized carbons (Fsp3) is 1.00. The molecule has 11 heavy (non-hydrogen) atoms. The molecule has 1 unspecified atom stereocenters. The van der Waals surface area contributed by atoms with Gasteiger partial charge in [-0.25, -0.2) is 0 Å². The molecule has 0 aromatic carbocycles. The molecular weight excluding hydrogens is 140 g/mol. The number of methoxy groups -OCH3 is 1. The third-order valence-electron chi connectivity index (χ3n) is 2.88. The van der Waals surface area contributed by atoms with E-state index in [-0.39, 0.29) is 0 Å². The van der Waals surface area contributed by atoms with E-state index in [0.717, 1.165) is 6.61 Å². The van der Waals surface area contributed by atoms with Gasteiger partial charge in [0.25, 0.3) is 0 Å². The fourth-order valence-electron chi connectivity index (χ4n) is 1.64. The third kappa shape index (κ3) is 1.74. The second-order valence-electron chi connectivity index (χ2n) is 3.55. The molecule has 0 radical (unpaired) electrons. The zero-order valence-electron chi connectivity index (χ0n) is 7.83. The first-order valence-corrected chi connectivity index (χ1v) is 4.31. The largest absolute Gasteiger partial charge is 0.382 e. The average Bonchev–Trinajstić information content (AvgIpc) is 2.19. The summed E-state index contributed by atoms with van der Waals surface area (Å²) in [4.78, 5) is 0. The molecule has 1 fully saturated rings. The highest BCUT2D eigenvalue weighted by Crippen LogP contribution is 2.31. The van der Waals surface area contributed by atoms with Crippen LogP contribution in [0.3, 0.4) is 0 Å². The molecular formula is C9H18O2. The van der Waals surface area contributed by atoms with Crippen molar-refractivity contribution in [2.45, 2.75) is 33.0 Å². The van der Waals surface area contributed by atoms with Crippen LogP contribution in [0.4, 0.5) is 0 Å². The van der Waals surface area contributed by atoms with Crippen LogP contribution in [-0.4, -0.2) is 25.9 Å². The minimum Gasteiger partial charge on any atom is -0.382 e. The van der Waals surface area contributed by atoms with Gasteiger partial charge >= 0.3 is 0 Å². The minimum absolute atomic E-state index is 0.310. The van der Waals surface area contributed by atoms with Crippen molar-refractivity contribution >= 4 is 0 Å². The highest BCUT2D eigenvalue weighted by atomic mass is 16.5. The van der Waals surface area contributed by atoms with Crippen LogP contribution >= 0.6 is 0 Å². The minimum atomic E-state index is 0.310. The van der Waals surface area contributed by atoms with Crippen molar-refractivity contribution in [2.24, 2.45) is 11.8 Å². The Balaban J connectivity index is 2.45. The van der Waals surface area contributed by atoms with Crippen molar-refractivity contribution in [2.75, 3.05) is 13.7 Å². The molecule has 4 atom stereocenters. The average molecular weight is 158 g/mol. The summed E-state index contributed by atoms with van der Waals surface area (Å²) in [6, 6.07) is 0. The SMILES string of the molecule is COC[C@H]1OC(C)[C@H](C)[C@@H]1C. The van der Waals surface area contributed by atoms with Crippen LogP contribution in [0.1, 0.15) is 20.8 Å². The molecule has 66 valence electrons. The van der Waals surface area contributed by atoms with Crippen LogP contribution < -0.4 is 0 Å². The summed E-state index contributed by atoms with van der Waals surface area (Å²) >= 11 is 0. The van der Waals surface area contributed by atoms with Crippen LogP contribution in [0.25, 0.3) is 0 Å². The van der Waals surface area contributed by atoms with Gasteiger partial charge in [0, 0.05) is 7.11 Å². The van der Waals surface area contributed by atoms with Crippen molar-refractivity contribution in [1.29, 1.82) is 0 Å². The molecule has 1 heterocycles. The maximum atomic E-state index is 5.70. The normalized spacial score (nSPS) is 44.7. The number of ether oxygens (including phenoxy) is 2. The van der Waals surface area contributed by atoms with E-state index in [2.05, 4.69) is 20.8 Å². The first-order chi connectivity index (χ1) is 5.16. The fourth-order valence-corrected chi connectivity index (χ4v) is 1.64. The van der Waals surface area contributed by atoms with E-state index in [0.29, 0.717) is 24.0 Å². The predicted molar refractivity (Wildman–Crippen MR) is 44.5 cm³/mol. The smallest absolute Gasteiger partial charge is 0.0841 e. The number of hydrogen-bond donors (Lipinski definition) is 0. The van der Waals surface area contributed by atoms with Gasteiger partial charge in [-0.05, 0) is 18.8 Å². The van der Waals surface area contributed by atoms with Crippen LogP contribution in [0.2, 0.25) is 0 Å². The van der Waals surface area contributed by atoms with Crippen LogP contribution in [-0.2, 0) is 9.47 Å². The topological polar surface area (TPSA) is 18.5 Å². The Morgan fingerprint density at radius 1 is 1.18 bits per heavy atom. The van der Waals surface area contributed by atoms with Gasteiger partial charge in [0.15, 0.2) is 0 Å². The molecule has 0 saturated carbocycles. The van der Waals surface area contributed by atoms with Crippen molar-refractivity contribution < 1.29 is 9.47 Å². The van der Waals surface area contributed by atoms with E-state index in [9.17, 15) is 0 Å². The van der Waals surface area contributed by atoms with Crippen LogP contribution in [0, 0.1) is 11.8 Å². The lowest BCUT2D eigenvalue weighted by molar-refractivity contribution is -0.00681. The first kappa shape index (κ1) is 9.01. The van der Waals surface area contributed by atoms with E-state index < -0.39 is 0 Å². The zero-order chi connectivity index (χ0) is 8.43. The summed E-state index contributed by atoms with van der Waals surface area (Å²) in [5, 5.41) is 0. The summed E-state index contributed by atoms with van der Waals surface area (Å²) in [7, 11) is 1.73. The number of rotatable bonds is 2. The Kier molecular flexibility index (Phi) is 2.90. The van der Waals surface area contributed by atoms with Gasteiger partial charge < -0.3 is 9.47 Å². The second-order valence-corrected chi connectivity index (χ2v) is 3.55. The molecule has 0 spiro atoms. The molecule has 1 rings (SSSR count). The third-order valence-corrected chi connectivity index (χ3v) is 2.88. The highest BCUT2D eigenvalue weighted by molar-refractivity contribution is 4.82. The molecule has 0 N–H and O–H groups in total. The summed E-state index contributed by atoms with van der Waals surface area (Å²) in [5.74, 6) is 1.29. The van der Waals surface area contributed by atoms with Crippen molar-refractivity contribution in [3.05, 3.63) is 0 Å². The Bertz CT molecular complexity index is 125. The van der Waals surface area contributed by atoms with Crippen molar-refractivity contribution in [3.8, 4) is 0 Å². The molecule has 0 amide bonds. The summed E-state index contributed by atoms with van der Waals surface area (Å²) < 4.78 is 10.8. The predicted octanol–water partition coefficient (Wildman–Crippen LogP) is 1.69. The van der Waals surface area contributed by atoms with Gasteiger partial charge in [-0.3, -0.25) is 0 Å². The molecule has 0 aromatic rings. The maximum absolute atomic E-state index is 5.70. The van der Waals surface area contributed by atoms with Gasteiger partial charge in [0.2, 0.25) is 0 Å². The lowest BCUT2D eigenvalue weighted by Gasteiger charge is -2.14. The Labute approximate surface area is 68.9 Å². The molecule has 1 saturated heterocycles. The summed E-state index contributed by atoms with van der Waals surface area (Å²) in [6.07, 6.45) is 0.704. The molecule has 1 aliphatic heterocycles.